The fourth-order valence-electron chi connectivity index (χ4n) is 4.69. The summed E-state index contributed by atoms with van der Waals surface area (Å²) in [6.07, 6.45) is 4.58. The van der Waals surface area contributed by atoms with E-state index in [4.69, 9.17) is 0 Å². The zero-order chi connectivity index (χ0) is 12.0. The van der Waals surface area contributed by atoms with E-state index in [9.17, 15) is 0 Å². The standard InChI is InChI=1S/C13H15.3CH3.Sn/c1-2-4-11(5-3-1)13-9-10-6-7-12(13)8-10;;;;/h1-5,9-10,12-13H,6-8H2;3*1H3;/t10-,12+,13-;;;;/m1..../s1. The van der Waals surface area contributed by atoms with Crippen molar-refractivity contribution < 1.29 is 0 Å². The summed E-state index contributed by atoms with van der Waals surface area (Å²) in [4.78, 5) is 7.95. The molecule has 2 aliphatic carbocycles. The van der Waals surface area contributed by atoms with Gasteiger partial charge >= 0.3 is 110 Å². The molecule has 0 unspecified atom stereocenters. The molecule has 4 atom stereocenters. The Morgan fingerprint density at radius 3 is 2.24 bits per heavy atom. The third kappa shape index (κ3) is 2.07. The predicted molar refractivity (Wildman–Crippen MR) is 77.1 cm³/mol. The molecule has 1 aromatic rings. The average Bonchev–Trinajstić information content (AvgIpc) is 2.88. The molecule has 2 fully saturated rings. The first-order chi connectivity index (χ1) is 8.07. The van der Waals surface area contributed by atoms with Gasteiger partial charge in [-0.05, 0) is 0 Å². The normalized spacial score (nSPS) is 36.4. The summed E-state index contributed by atoms with van der Waals surface area (Å²) in [5.74, 6) is 3.02. The van der Waals surface area contributed by atoms with Gasteiger partial charge in [0.1, 0.15) is 0 Å². The van der Waals surface area contributed by atoms with Crippen LogP contribution in [-0.4, -0.2) is 18.4 Å². The van der Waals surface area contributed by atoms with E-state index < -0.39 is 18.4 Å². The number of hydrogen-bond donors (Lipinski definition) is 0. The molecule has 0 aromatic heterocycles. The Balaban J connectivity index is 1.97. The Hall–Kier alpha value is 0.0187. The van der Waals surface area contributed by atoms with Crippen molar-refractivity contribution in [3.63, 3.8) is 0 Å². The van der Waals surface area contributed by atoms with Crippen molar-refractivity contribution in [1.29, 1.82) is 0 Å². The zero-order valence-corrected chi connectivity index (χ0v) is 14.2. The van der Waals surface area contributed by atoms with Crippen LogP contribution in [0.25, 0.3) is 0 Å². The molecule has 0 aliphatic heterocycles. The quantitative estimate of drug-likeness (QED) is 0.674. The number of fused-ring (bicyclic) bond motifs is 2. The summed E-state index contributed by atoms with van der Waals surface area (Å²) in [5.41, 5.74) is 1.65. The summed E-state index contributed by atoms with van der Waals surface area (Å²) in [6, 6.07) is 11.4. The SMILES string of the molecule is [CH3][Sn]([CH3])([CH3])[C@H]1[C@@H]2CC[C@@H](C2)[C@H]1c1ccccc1. The van der Waals surface area contributed by atoms with Crippen molar-refractivity contribution in [2.24, 2.45) is 11.8 Å². The maximum atomic E-state index is 2.65. The molecular weight excluding hydrogens is 311 g/mol. The van der Waals surface area contributed by atoms with Crippen LogP contribution >= 0.6 is 0 Å². The van der Waals surface area contributed by atoms with Crippen LogP contribution in [-0.2, 0) is 0 Å². The third-order valence-corrected chi connectivity index (χ3v) is 13.2. The van der Waals surface area contributed by atoms with Crippen LogP contribution in [0.2, 0.25) is 18.8 Å². The Bertz CT molecular complexity index is 390. The van der Waals surface area contributed by atoms with Crippen molar-refractivity contribution in [3.05, 3.63) is 35.9 Å². The molecule has 2 bridgehead atoms. The number of hydrogen-bond acceptors (Lipinski definition) is 0. The van der Waals surface area contributed by atoms with Crippen LogP contribution in [0.4, 0.5) is 0 Å². The Morgan fingerprint density at radius 1 is 0.941 bits per heavy atom. The van der Waals surface area contributed by atoms with Crippen LogP contribution in [0.5, 0.6) is 0 Å². The summed E-state index contributed by atoms with van der Waals surface area (Å²) >= 11 is -1.78. The van der Waals surface area contributed by atoms with E-state index in [1.807, 2.05) is 0 Å². The summed E-state index contributed by atoms with van der Waals surface area (Å²) in [5, 5.41) is 0. The fourth-order valence-corrected chi connectivity index (χ4v) is 14.0. The van der Waals surface area contributed by atoms with Crippen molar-refractivity contribution in [3.8, 4) is 0 Å². The molecule has 0 N–H and O–H groups in total. The molecule has 17 heavy (non-hydrogen) atoms. The van der Waals surface area contributed by atoms with Gasteiger partial charge in [0.25, 0.3) is 0 Å². The van der Waals surface area contributed by atoms with E-state index in [0.29, 0.717) is 0 Å². The van der Waals surface area contributed by atoms with Gasteiger partial charge in [-0.25, -0.2) is 0 Å². The molecule has 2 aliphatic rings. The van der Waals surface area contributed by atoms with Gasteiger partial charge in [0.05, 0.1) is 0 Å². The van der Waals surface area contributed by atoms with Gasteiger partial charge < -0.3 is 0 Å². The molecule has 0 radical (unpaired) electrons. The summed E-state index contributed by atoms with van der Waals surface area (Å²) in [6.45, 7) is 0. The second kappa shape index (κ2) is 4.29. The van der Waals surface area contributed by atoms with Crippen LogP contribution < -0.4 is 0 Å². The van der Waals surface area contributed by atoms with Crippen molar-refractivity contribution in [2.75, 3.05) is 0 Å². The predicted octanol–water partition coefficient (Wildman–Crippen LogP) is 4.91. The monoisotopic (exact) mass is 336 g/mol. The Kier molecular flexibility index (Phi) is 3.05. The van der Waals surface area contributed by atoms with E-state index in [1.54, 1.807) is 12.0 Å². The van der Waals surface area contributed by atoms with E-state index >= 15 is 0 Å². The topological polar surface area (TPSA) is 0 Å². The van der Waals surface area contributed by atoms with Crippen molar-refractivity contribution in [1.82, 2.24) is 0 Å². The summed E-state index contributed by atoms with van der Waals surface area (Å²) in [7, 11) is 0. The molecule has 0 heterocycles. The number of benzene rings is 1. The summed E-state index contributed by atoms with van der Waals surface area (Å²) < 4.78 is 1.10. The molecule has 2 saturated carbocycles. The first-order valence-corrected chi connectivity index (χ1v) is 17.3. The average molecular weight is 335 g/mol. The first kappa shape index (κ1) is 12.1. The van der Waals surface area contributed by atoms with E-state index in [-0.39, 0.29) is 0 Å². The van der Waals surface area contributed by atoms with Gasteiger partial charge in [0.2, 0.25) is 0 Å². The second-order valence-corrected chi connectivity index (χ2v) is 22.6. The molecule has 0 spiro atoms. The Labute approximate surface area is 110 Å². The van der Waals surface area contributed by atoms with Crippen molar-refractivity contribution in [2.45, 2.75) is 43.9 Å². The van der Waals surface area contributed by atoms with E-state index in [0.717, 1.165) is 21.7 Å². The molecule has 1 heteroatoms. The Morgan fingerprint density at radius 2 is 1.59 bits per heavy atom. The molecule has 0 amide bonds. The van der Waals surface area contributed by atoms with Gasteiger partial charge in [-0.3, -0.25) is 0 Å². The maximum absolute atomic E-state index is 2.65. The minimum atomic E-state index is -1.78. The van der Waals surface area contributed by atoms with E-state index in [2.05, 4.69) is 45.2 Å². The minimum absolute atomic E-state index is 0.922. The fraction of sp³-hybridized carbons (Fsp3) is 0.625. The van der Waals surface area contributed by atoms with Crippen LogP contribution in [0, 0.1) is 11.8 Å². The second-order valence-electron chi connectivity index (χ2n) is 7.16. The molecule has 92 valence electrons. The van der Waals surface area contributed by atoms with Gasteiger partial charge in [-0.2, -0.15) is 0 Å². The molecule has 1 aromatic carbocycles. The third-order valence-electron chi connectivity index (χ3n) is 5.10. The molecule has 0 saturated heterocycles. The van der Waals surface area contributed by atoms with Gasteiger partial charge in [0, 0.05) is 0 Å². The van der Waals surface area contributed by atoms with Gasteiger partial charge in [0.15, 0.2) is 0 Å². The zero-order valence-electron chi connectivity index (χ0n) is 11.3. The van der Waals surface area contributed by atoms with Gasteiger partial charge in [-0.1, -0.05) is 0 Å². The van der Waals surface area contributed by atoms with E-state index in [1.165, 1.54) is 12.8 Å². The first-order valence-electron chi connectivity index (χ1n) is 7.12. The van der Waals surface area contributed by atoms with Crippen LogP contribution in [0.15, 0.2) is 30.3 Å². The molecule has 0 nitrogen and oxygen atoms in total. The van der Waals surface area contributed by atoms with Crippen LogP contribution in [0.1, 0.15) is 30.7 Å². The van der Waals surface area contributed by atoms with Crippen LogP contribution in [0.3, 0.4) is 0 Å². The van der Waals surface area contributed by atoms with Gasteiger partial charge in [-0.15, -0.1) is 0 Å². The molecule has 3 rings (SSSR count). The van der Waals surface area contributed by atoms with Crippen molar-refractivity contribution >= 4 is 18.4 Å². The molecular formula is C16H24Sn. The number of rotatable bonds is 2.